The number of carbonyl (C=O) groups is 1. The molecule has 4 heteroatoms. The van der Waals surface area contributed by atoms with Gasteiger partial charge in [0.1, 0.15) is 5.75 Å². The van der Waals surface area contributed by atoms with Gasteiger partial charge in [0.05, 0.1) is 7.11 Å². The van der Waals surface area contributed by atoms with E-state index in [4.69, 9.17) is 16.3 Å². The second-order valence-electron chi connectivity index (χ2n) is 3.71. The number of hydrogen-bond donors (Lipinski definition) is 1. The summed E-state index contributed by atoms with van der Waals surface area (Å²) in [6.07, 6.45) is 0.716. The smallest absolute Gasteiger partial charge is 0.313 e. The van der Waals surface area contributed by atoms with E-state index in [1.165, 1.54) is 11.1 Å². The highest BCUT2D eigenvalue weighted by molar-refractivity contribution is 6.62. The number of halogens is 1. The topological polar surface area (TPSA) is 38.3 Å². The van der Waals surface area contributed by atoms with Crippen LogP contribution in [0.1, 0.15) is 16.7 Å². The molecular weight excluding hydrogens is 226 g/mol. The number of amides is 1. The molecule has 88 valence electrons. The summed E-state index contributed by atoms with van der Waals surface area (Å²) >= 11 is 5.20. The lowest BCUT2D eigenvalue weighted by Crippen LogP contribution is -2.20. The predicted octanol–water partition coefficient (Wildman–Crippen LogP) is 2.80. The molecule has 16 heavy (non-hydrogen) atoms. The minimum atomic E-state index is -0.524. The lowest BCUT2D eigenvalue weighted by molar-refractivity contribution is 0.260. The Kier molecular flexibility index (Phi) is 4.62. The maximum Gasteiger partial charge on any atom is 0.313 e. The molecular formula is C12H16ClNO2. The molecule has 0 bridgehead atoms. The molecule has 0 aliphatic rings. The summed E-state index contributed by atoms with van der Waals surface area (Å²) < 4.78 is 5.32. The highest BCUT2D eigenvalue weighted by atomic mass is 35.5. The minimum absolute atomic E-state index is 0.516. The van der Waals surface area contributed by atoms with Gasteiger partial charge in [-0.1, -0.05) is 6.07 Å². The van der Waals surface area contributed by atoms with Crippen LogP contribution in [0.4, 0.5) is 4.79 Å². The number of benzene rings is 1. The van der Waals surface area contributed by atoms with Crippen molar-refractivity contribution in [2.45, 2.75) is 20.3 Å². The SMILES string of the molecule is COc1cc(C)cc(C)c1CCNC(=O)Cl. The standard InChI is InChI=1S/C12H16ClNO2/c1-8-6-9(2)10(11(7-8)16-3)4-5-14-12(13)15/h6-7H,4-5H2,1-3H3,(H,14,15). The Morgan fingerprint density at radius 1 is 1.44 bits per heavy atom. The van der Waals surface area contributed by atoms with Crippen LogP contribution < -0.4 is 10.1 Å². The van der Waals surface area contributed by atoms with Crippen molar-refractivity contribution in [2.75, 3.05) is 13.7 Å². The fraction of sp³-hybridized carbons (Fsp3) is 0.417. The average Bonchev–Trinajstić information content (AvgIpc) is 2.20. The third kappa shape index (κ3) is 3.42. The summed E-state index contributed by atoms with van der Waals surface area (Å²) in [5, 5.41) is 2.03. The molecule has 1 amide bonds. The molecule has 0 fully saturated rings. The molecule has 0 radical (unpaired) electrons. The quantitative estimate of drug-likeness (QED) is 0.650. The van der Waals surface area contributed by atoms with Crippen LogP contribution >= 0.6 is 11.6 Å². The van der Waals surface area contributed by atoms with Gasteiger partial charge in [0.25, 0.3) is 0 Å². The molecule has 1 N–H and O–H groups in total. The Bertz CT molecular complexity index is 391. The van der Waals surface area contributed by atoms with Crippen molar-refractivity contribution < 1.29 is 9.53 Å². The Morgan fingerprint density at radius 2 is 2.12 bits per heavy atom. The van der Waals surface area contributed by atoms with E-state index in [1.54, 1.807) is 7.11 Å². The normalized spacial score (nSPS) is 10.0. The Morgan fingerprint density at radius 3 is 2.69 bits per heavy atom. The Labute approximate surface area is 101 Å². The summed E-state index contributed by atoms with van der Waals surface area (Å²) in [5.74, 6) is 0.862. The third-order valence-corrected chi connectivity index (χ3v) is 2.57. The number of ether oxygens (including phenoxy) is 1. The maximum atomic E-state index is 10.6. The van der Waals surface area contributed by atoms with Crippen molar-refractivity contribution in [1.82, 2.24) is 5.32 Å². The third-order valence-electron chi connectivity index (χ3n) is 2.44. The van der Waals surface area contributed by atoms with E-state index >= 15 is 0 Å². The first-order chi connectivity index (χ1) is 7.54. The van der Waals surface area contributed by atoms with Crippen molar-refractivity contribution in [3.05, 3.63) is 28.8 Å². The van der Waals surface area contributed by atoms with Crippen LogP contribution in [0, 0.1) is 13.8 Å². The number of aryl methyl sites for hydroxylation is 2. The molecule has 0 saturated carbocycles. The Balaban J connectivity index is 2.81. The number of carbonyl (C=O) groups excluding carboxylic acids is 1. The van der Waals surface area contributed by atoms with Crippen LogP contribution in [-0.2, 0) is 6.42 Å². The fourth-order valence-corrected chi connectivity index (χ4v) is 1.84. The summed E-state index contributed by atoms with van der Waals surface area (Å²) in [6, 6.07) is 4.09. The number of nitrogens with one attached hydrogen (secondary N) is 1. The van der Waals surface area contributed by atoms with Crippen LogP contribution in [-0.4, -0.2) is 19.0 Å². The van der Waals surface area contributed by atoms with Crippen molar-refractivity contribution in [2.24, 2.45) is 0 Å². The van der Waals surface area contributed by atoms with Gasteiger partial charge in [0.15, 0.2) is 0 Å². The van der Waals surface area contributed by atoms with Gasteiger partial charge in [-0.15, -0.1) is 0 Å². The molecule has 0 aliphatic carbocycles. The monoisotopic (exact) mass is 241 g/mol. The average molecular weight is 242 g/mol. The van der Waals surface area contributed by atoms with Gasteiger partial charge in [-0.05, 0) is 54.6 Å². The largest absolute Gasteiger partial charge is 0.496 e. The zero-order valence-electron chi connectivity index (χ0n) is 9.76. The summed E-state index contributed by atoms with van der Waals surface area (Å²) in [7, 11) is 1.65. The van der Waals surface area contributed by atoms with E-state index in [0.29, 0.717) is 13.0 Å². The van der Waals surface area contributed by atoms with Crippen molar-refractivity contribution in [3.8, 4) is 5.75 Å². The number of hydrogen-bond acceptors (Lipinski definition) is 2. The van der Waals surface area contributed by atoms with E-state index in [9.17, 15) is 4.79 Å². The van der Waals surface area contributed by atoms with E-state index in [2.05, 4.69) is 11.4 Å². The highest BCUT2D eigenvalue weighted by Crippen LogP contribution is 2.24. The zero-order chi connectivity index (χ0) is 12.1. The summed E-state index contributed by atoms with van der Waals surface area (Å²) in [5.41, 5.74) is 3.44. The summed E-state index contributed by atoms with van der Waals surface area (Å²) in [6.45, 7) is 4.58. The van der Waals surface area contributed by atoms with Gasteiger partial charge in [0.2, 0.25) is 0 Å². The molecule has 0 spiro atoms. The molecule has 0 unspecified atom stereocenters. The van der Waals surface area contributed by atoms with Crippen LogP contribution in [0.5, 0.6) is 5.75 Å². The molecule has 0 heterocycles. The van der Waals surface area contributed by atoms with E-state index < -0.39 is 5.37 Å². The van der Waals surface area contributed by atoms with Gasteiger partial charge in [-0.2, -0.15) is 0 Å². The van der Waals surface area contributed by atoms with E-state index in [1.807, 2.05) is 19.9 Å². The van der Waals surface area contributed by atoms with Crippen LogP contribution in [0.15, 0.2) is 12.1 Å². The first-order valence-corrected chi connectivity index (χ1v) is 5.50. The Hall–Kier alpha value is -1.22. The molecule has 0 saturated heterocycles. The molecule has 3 nitrogen and oxygen atoms in total. The number of rotatable bonds is 4. The van der Waals surface area contributed by atoms with Crippen molar-refractivity contribution in [3.63, 3.8) is 0 Å². The van der Waals surface area contributed by atoms with Gasteiger partial charge < -0.3 is 10.1 Å². The van der Waals surface area contributed by atoms with Crippen molar-refractivity contribution in [1.29, 1.82) is 0 Å². The number of methoxy groups -OCH3 is 1. The molecule has 1 aromatic carbocycles. The van der Waals surface area contributed by atoms with Crippen molar-refractivity contribution >= 4 is 17.0 Å². The van der Waals surface area contributed by atoms with Gasteiger partial charge in [-0.3, -0.25) is 4.79 Å². The van der Waals surface area contributed by atoms with Crippen LogP contribution in [0.25, 0.3) is 0 Å². The first kappa shape index (κ1) is 12.8. The second-order valence-corrected chi connectivity index (χ2v) is 4.06. The first-order valence-electron chi connectivity index (χ1n) is 5.12. The molecule has 0 aromatic heterocycles. The van der Waals surface area contributed by atoms with Crippen LogP contribution in [0.3, 0.4) is 0 Å². The lowest BCUT2D eigenvalue weighted by atomic mass is 10.0. The predicted molar refractivity (Wildman–Crippen MR) is 65.4 cm³/mol. The molecule has 1 aromatic rings. The van der Waals surface area contributed by atoms with Gasteiger partial charge >= 0.3 is 5.37 Å². The van der Waals surface area contributed by atoms with E-state index in [-0.39, 0.29) is 0 Å². The van der Waals surface area contributed by atoms with Crippen LogP contribution in [0.2, 0.25) is 0 Å². The molecule has 0 atom stereocenters. The molecule has 0 aliphatic heterocycles. The highest BCUT2D eigenvalue weighted by Gasteiger charge is 2.07. The maximum absolute atomic E-state index is 10.6. The molecule has 1 rings (SSSR count). The lowest BCUT2D eigenvalue weighted by Gasteiger charge is -2.12. The van der Waals surface area contributed by atoms with Gasteiger partial charge in [0, 0.05) is 6.54 Å². The zero-order valence-corrected chi connectivity index (χ0v) is 10.5. The summed E-state index contributed by atoms with van der Waals surface area (Å²) in [4.78, 5) is 10.6. The second kappa shape index (κ2) is 5.75. The van der Waals surface area contributed by atoms with E-state index in [0.717, 1.165) is 11.3 Å². The van der Waals surface area contributed by atoms with Gasteiger partial charge in [-0.25, -0.2) is 0 Å². The fourth-order valence-electron chi connectivity index (χ4n) is 1.75. The minimum Gasteiger partial charge on any atom is -0.496 e.